The molecule has 0 spiro atoms. The Morgan fingerprint density at radius 3 is 2.68 bits per heavy atom. The second-order valence-corrected chi connectivity index (χ2v) is 7.49. The first-order chi connectivity index (χ1) is 9.11. The van der Waals surface area contributed by atoms with E-state index in [1.807, 2.05) is 0 Å². The lowest BCUT2D eigenvalue weighted by Gasteiger charge is -2.42. The topological polar surface area (TPSA) is 0 Å². The van der Waals surface area contributed by atoms with Gasteiger partial charge in [0.15, 0.2) is 0 Å². The molecule has 4 unspecified atom stereocenters. The summed E-state index contributed by atoms with van der Waals surface area (Å²) < 4.78 is 2.43. The fraction of sp³-hybridized carbons (Fsp3) is 0.412. The lowest BCUT2D eigenvalue weighted by molar-refractivity contribution is 0.298. The van der Waals surface area contributed by atoms with Crippen molar-refractivity contribution >= 4 is 31.9 Å². The van der Waals surface area contributed by atoms with Gasteiger partial charge in [0.1, 0.15) is 0 Å². The molecule has 0 bridgehead atoms. The molecule has 0 heterocycles. The van der Waals surface area contributed by atoms with E-state index in [2.05, 4.69) is 82.1 Å². The van der Waals surface area contributed by atoms with Crippen LogP contribution in [0.5, 0.6) is 0 Å². The first-order valence-corrected chi connectivity index (χ1v) is 8.55. The Bertz CT molecular complexity index is 556. The number of rotatable bonds is 1. The van der Waals surface area contributed by atoms with Gasteiger partial charge in [-0.05, 0) is 47.4 Å². The lowest BCUT2D eigenvalue weighted by atomic mass is 9.62. The van der Waals surface area contributed by atoms with Crippen molar-refractivity contribution in [1.82, 2.24) is 0 Å². The van der Waals surface area contributed by atoms with Gasteiger partial charge in [-0.2, -0.15) is 0 Å². The maximum Gasteiger partial charge on any atom is 0.0178 e. The van der Waals surface area contributed by atoms with E-state index in [4.69, 9.17) is 0 Å². The van der Waals surface area contributed by atoms with Crippen LogP contribution in [0.25, 0.3) is 0 Å². The summed E-state index contributed by atoms with van der Waals surface area (Å²) in [6, 6.07) is 6.82. The smallest absolute Gasteiger partial charge is 0.0178 e. The van der Waals surface area contributed by atoms with E-state index in [0.717, 1.165) is 0 Å². The molecular formula is C17H18Br2. The largest absolute Gasteiger partial charge is 0.0753 e. The molecule has 0 aliphatic heterocycles. The van der Waals surface area contributed by atoms with Crippen molar-refractivity contribution in [2.45, 2.75) is 32.1 Å². The first kappa shape index (κ1) is 13.6. The molecule has 0 saturated carbocycles. The van der Waals surface area contributed by atoms with E-state index in [1.165, 1.54) is 20.9 Å². The fourth-order valence-corrected chi connectivity index (χ4v) is 4.61. The van der Waals surface area contributed by atoms with Gasteiger partial charge in [0.25, 0.3) is 0 Å². The maximum atomic E-state index is 3.64. The van der Waals surface area contributed by atoms with Crippen LogP contribution in [-0.4, -0.2) is 0 Å². The van der Waals surface area contributed by atoms with Crippen LogP contribution in [-0.2, 0) is 0 Å². The molecule has 2 aliphatic carbocycles. The van der Waals surface area contributed by atoms with E-state index >= 15 is 0 Å². The van der Waals surface area contributed by atoms with Crippen LogP contribution in [0.4, 0.5) is 0 Å². The Hall–Kier alpha value is -0.340. The quantitative estimate of drug-likeness (QED) is 0.547. The summed E-state index contributed by atoms with van der Waals surface area (Å²) in [6.45, 7) is 4.72. The van der Waals surface area contributed by atoms with Gasteiger partial charge in [0.05, 0.1) is 0 Å². The highest BCUT2D eigenvalue weighted by Crippen LogP contribution is 2.51. The summed E-state index contributed by atoms with van der Waals surface area (Å²) in [7, 11) is 0. The zero-order chi connectivity index (χ0) is 13.6. The number of benzene rings is 1. The zero-order valence-corrected chi connectivity index (χ0v) is 14.4. The molecule has 0 radical (unpaired) electrons. The molecule has 3 rings (SSSR count). The van der Waals surface area contributed by atoms with E-state index in [-0.39, 0.29) is 0 Å². The van der Waals surface area contributed by atoms with Crippen LogP contribution in [0.15, 0.2) is 45.4 Å². The summed E-state index contributed by atoms with van der Waals surface area (Å²) in [5.74, 6) is 2.52. The van der Waals surface area contributed by atoms with Gasteiger partial charge in [0, 0.05) is 14.9 Å². The van der Waals surface area contributed by atoms with Crippen molar-refractivity contribution in [2.75, 3.05) is 0 Å². The van der Waals surface area contributed by atoms with Crippen LogP contribution in [0.3, 0.4) is 0 Å². The van der Waals surface area contributed by atoms with Gasteiger partial charge in [-0.1, -0.05) is 70.0 Å². The fourth-order valence-electron chi connectivity index (χ4n) is 3.77. The number of fused-ring (bicyclic) bond motifs is 3. The lowest BCUT2D eigenvalue weighted by Crippen LogP contribution is -2.30. The maximum absolute atomic E-state index is 3.64. The molecule has 0 N–H and O–H groups in total. The minimum Gasteiger partial charge on any atom is -0.0753 e. The van der Waals surface area contributed by atoms with Crippen LogP contribution in [0.1, 0.15) is 43.2 Å². The monoisotopic (exact) mass is 380 g/mol. The molecule has 1 aromatic carbocycles. The molecule has 1 aromatic rings. The molecule has 0 aromatic heterocycles. The normalized spacial score (nSPS) is 32.5. The summed E-state index contributed by atoms with van der Waals surface area (Å²) in [6.07, 6.45) is 8.18. The second kappa shape index (κ2) is 5.21. The Labute approximate surface area is 132 Å². The van der Waals surface area contributed by atoms with Gasteiger partial charge in [-0.25, -0.2) is 0 Å². The van der Waals surface area contributed by atoms with Gasteiger partial charge in [-0.15, -0.1) is 0 Å². The predicted molar refractivity (Wildman–Crippen MR) is 88.7 cm³/mol. The number of halogens is 2. The molecule has 2 aliphatic rings. The molecule has 4 atom stereocenters. The first-order valence-electron chi connectivity index (χ1n) is 6.96. The highest BCUT2D eigenvalue weighted by Gasteiger charge is 2.38. The second-order valence-electron chi connectivity index (χ2n) is 5.66. The average Bonchev–Trinajstić information content (AvgIpc) is 2.39. The predicted octanol–water partition coefficient (Wildman–Crippen LogP) is 6.14. The third-order valence-corrected chi connectivity index (χ3v) is 5.74. The van der Waals surface area contributed by atoms with Crippen molar-refractivity contribution in [2.24, 2.45) is 11.8 Å². The molecule has 100 valence electrons. The van der Waals surface area contributed by atoms with Crippen molar-refractivity contribution in [3.05, 3.63) is 56.5 Å². The van der Waals surface area contributed by atoms with Gasteiger partial charge in [0.2, 0.25) is 0 Å². The molecular weight excluding hydrogens is 364 g/mol. The third-order valence-electron chi connectivity index (χ3n) is 4.72. The number of allylic oxidation sites excluding steroid dienone is 4. The Kier molecular flexibility index (Phi) is 3.74. The van der Waals surface area contributed by atoms with Crippen molar-refractivity contribution in [3.8, 4) is 0 Å². The highest BCUT2D eigenvalue weighted by molar-refractivity contribution is 9.12. The summed E-state index contributed by atoms with van der Waals surface area (Å²) in [5.41, 5.74) is 3.06. The standard InChI is InChI=1S/C17H18Br2/c1-3-13-10(2)16-8-11(18)4-6-14(16)15-7-5-12(19)9-17(13)15/h4-10,13-14,16H,3H2,1-2H3. The third kappa shape index (κ3) is 2.27. The highest BCUT2D eigenvalue weighted by atomic mass is 79.9. The van der Waals surface area contributed by atoms with E-state index in [1.54, 1.807) is 5.56 Å². The van der Waals surface area contributed by atoms with Crippen molar-refractivity contribution in [1.29, 1.82) is 0 Å². The average molecular weight is 382 g/mol. The molecule has 2 heteroatoms. The summed E-state index contributed by atoms with van der Waals surface area (Å²) in [5, 5.41) is 0. The number of hydrogen-bond acceptors (Lipinski definition) is 0. The van der Waals surface area contributed by atoms with Crippen LogP contribution < -0.4 is 0 Å². The van der Waals surface area contributed by atoms with Crippen LogP contribution in [0, 0.1) is 11.8 Å². The van der Waals surface area contributed by atoms with E-state index < -0.39 is 0 Å². The molecule has 0 amide bonds. The SMILES string of the molecule is CCC1c2cc(Br)ccc2C2C=CC(Br)=CC2C1C. The summed E-state index contributed by atoms with van der Waals surface area (Å²) in [4.78, 5) is 0. The van der Waals surface area contributed by atoms with Crippen LogP contribution in [0.2, 0.25) is 0 Å². The molecule has 0 fully saturated rings. The number of hydrogen-bond donors (Lipinski definition) is 0. The summed E-state index contributed by atoms with van der Waals surface area (Å²) >= 11 is 7.27. The van der Waals surface area contributed by atoms with Gasteiger partial charge >= 0.3 is 0 Å². The molecule has 0 saturated heterocycles. The molecule has 0 nitrogen and oxygen atoms in total. The Balaban J connectivity index is 2.15. The van der Waals surface area contributed by atoms with Crippen LogP contribution >= 0.6 is 31.9 Å². The van der Waals surface area contributed by atoms with E-state index in [9.17, 15) is 0 Å². The zero-order valence-electron chi connectivity index (χ0n) is 11.2. The van der Waals surface area contributed by atoms with Gasteiger partial charge < -0.3 is 0 Å². The molecule has 19 heavy (non-hydrogen) atoms. The Morgan fingerprint density at radius 1 is 1.16 bits per heavy atom. The minimum absolute atomic E-state index is 0.544. The Morgan fingerprint density at radius 2 is 1.95 bits per heavy atom. The van der Waals surface area contributed by atoms with Crippen molar-refractivity contribution in [3.63, 3.8) is 0 Å². The van der Waals surface area contributed by atoms with Gasteiger partial charge in [-0.3, -0.25) is 0 Å². The van der Waals surface area contributed by atoms with Crippen molar-refractivity contribution < 1.29 is 0 Å². The minimum atomic E-state index is 0.544. The van der Waals surface area contributed by atoms with E-state index in [0.29, 0.717) is 23.7 Å².